The van der Waals surface area contributed by atoms with Crippen molar-refractivity contribution in [2.24, 2.45) is 0 Å². The molecule has 3 heterocycles. The fourth-order valence-corrected chi connectivity index (χ4v) is 12.3. The molecule has 0 fully saturated rings. The third kappa shape index (κ3) is 11.4. The summed E-state index contributed by atoms with van der Waals surface area (Å²) in [7, 11) is 0. The van der Waals surface area contributed by atoms with Crippen LogP contribution in [0.3, 0.4) is 0 Å². The molecule has 0 radical (unpaired) electrons. The molecule has 1 aliphatic heterocycles. The zero-order valence-electron chi connectivity index (χ0n) is 52.2. The van der Waals surface area contributed by atoms with E-state index in [4.69, 9.17) is 9.72 Å². The molecule has 13 rings (SSSR count). The van der Waals surface area contributed by atoms with Crippen molar-refractivity contribution in [3.05, 3.63) is 270 Å². The minimum absolute atomic E-state index is 0. The predicted molar refractivity (Wildman–Crippen MR) is 357 cm³/mol. The Hall–Kier alpha value is -9.11. The minimum Gasteiger partial charge on any atom is -0.509 e. The van der Waals surface area contributed by atoms with Gasteiger partial charge >= 0.3 is 0 Å². The second kappa shape index (κ2) is 24.3. The fraction of sp³-hybridized carbons (Fsp3) is 0.175. The maximum Gasteiger partial charge on any atom is 0.200 e. The van der Waals surface area contributed by atoms with E-state index < -0.39 is 40.1 Å². The predicted octanol–water partition coefficient (Wildman–Crippen LogP) is 22.9. The summed E-state index contributed by atoms with van der Waals surface area (Å²) in [6.07, 6.45) is 1.85. The SMILES string of the molecule is CC(C)c1cc(-c2cc(C(C)(C)C)cc(-c3c(F)c(F)c(F)c(F)c3F)c2N2[CH-]N(c3[c-]c(Oc4[c-]c5c(cc4)c4ccccc4n5-c4cc(C(C)(C)C)ccn4)cc(-c4c(-c5ccccc5)cccc4-c4ccccc4)c3)c3ccccc32)cc(C(C)C)c1.[Pt]. The van der Waals surface area contributed by atoms with Crippen LogP contribution in [-0.4, -0.2) is 9.55 Å². The number of hydrogen-bond donors (Lipinski definition) is 0. The molecule has 2 aromatic heterocycles. The molecule has 11 heteroatoms. The van der Waals surface area contributed by atoms with Gasteiger partial charge in [-0.1, -0.05) is 202 Å². The number of hydrogen-bond acceptors (Lipinski definition) is 4. The first-order valence-corrected chi connectivity index (χ1v) is 30.4. The van der Waals surface area contributed by atoms with Gasteiger partial charge in [-0.25, -0.2) is 26.9 Å². The second-order valence-corrected chi connectivity index (χ2v) is 25.9. The van der Waals surface area contributed by atoms with Crippen LogP contribution in [0.15, 0.2) is 200 Å². The van der Waals surface area contributed by atoms with E-state index in [1.54, 1.807) is 17.6 Å². The maximum atomic E-state index is 17.0. The van der Waals surface area contributed by atoms with Crippen molar-refractivity contribution in [3.63, 3.8) is 0 Å². The molecule has 10 aromatic carbocycles. The maximum absolute atomic E-state index is 17.0. The van der Waals surface area contributed by atoms with Crippen LogP contribution >= 0.6 is 0 Å². The molecule has 1 aliphatic rings. The molecule has 0 atom stereocenters. The normalized spacial score (nSPS) is 12.6. The van der Waals surface area contributed by atoms with Gasteiger partial charge in [0.05, 0.1) is 5.56 Å². The number of halogens is 5. The number of pyridine rings is 1. The number of anilines is 4. The van der Waals surface area contributed by atoms with Gasteiger partial charge in [0.2, 0.25) is 5.82 Å². The van der Waals surface area contributed by atoms with Gasteiger partial charge in [0.15, 0.2) is 23.3 Å². The van der Waals surface area contributed by atoms with Gasteiger partial charge in [0.1, 0.15) is 5.82 Å². The van der Waals surface area contributed by atoms with Crippen molar-refractivity contribution in [1.82, 2.24) is 9.55 Å². The Morgan fingerprint density at radius 2 is 1.01 bits per heavy atom. The van der Waals surface area contributed by atoms with Crippen molar-refractivity contribution in [2.75, 3.05) is 9.80 Å². The molecule has 91 heavy (non-hydrogen) atoms. The number of fused-ring (bicyclic) bond motifs is 4. The van der Waals surface area contributed by atoms with E-state index in [9.17, 15) is 0 Å². The summed E-state index contributed by atoms with van der Waals surface area (Å²) < 4.78 is 90.2. The van der Waals surface area contributed by atoms with E-state index in [1.165, 1.54) is 0 Å². The quantitative estimate of drug-likeness (QED) is 0.0528. The second-order valence-electron chi connectivity index (χ2n) is 25.9. The van der Waals surface area contributed by atoms with Crippen molar-refractivity contribution >= 4 is 44.6 Å². The van der Waals surface area contributed by atoms with Gasteiger partial charge in [-0.2, -0.15) is 6.07 Å². The smallest absolute Gasteiger partial charge is 0.200 e. The molecule has 0 saturated heterocycles. The van der Waals surface area contributed by atoms with Gasteiger partial charge in [0.25, 0.3) is 0 Å². The monoisotopic (exact) mass is 1390 g/mol. The Balaban J connectivity index is 0.00000800. The van der Waals surface area contributed by atoms with Crippen molar-refractivity contribution in [2.45, 2.75) is 91.9 Å². The topological polar surface area (TPSA) is 33.5 Å². The van der Waals surface area contributed by atoms with E-state index in [-0.39, 0.29) is 49.6 Å². The number of ether oxygens (including phenoxy) is 1. The number of nitrogens with zero attached hydrogens (tertiary/aromatic N) is 4. The first-order chi connectivity index (χ1) is 43.1. The van der Waals surface area contributed by atoms with Gasteiger partial charge in [-0.15, -0.1) is 53.6 Å². The molecule has 460 valence electrons. The number of rotatable bonds is 12. The van der Waals surface area contributed by atoms with E-state index in [0.29, 0.717) is 45.3 Å². The van der Waals surface area contributed by atoms with E-state index in [0.717, 1.165) is 77.7 Å². The summed E-state index contributed by atoms with van der Waals surface area (Å²) in [6, 6.07) is 71.8. The van der Waals surface area contributed by atoms with Crippen molar-refractivity contribution in [1.29, 1.82) is 0 Å². The van der Waals surface area contributed by atoms with Gasteiger partial charge in [-0.3, -0.25) is 0 Å². The number of para-hydroxylation sites is 3. The van der Waals surface area contributed by atoms with Crippen LogP contribution in [0.1, 0.15) is 103 Å². The zero-order valence-corrected chi connectivity index (χ0v) is 54.5. The first kappa shape index (κ1) is 62.1. The third-order valence-corrected chi connectivity index (χ3v) is 17.2. The molecular formula is C80H66F5N4OPt-3. The van der Waals surface area contributed by atoms with Crippen LogP contribution < -0.4 is 14.5 Å². The molecule has 0 spiro atoms. The molecule has 0 saturated carbocycles. The Bertz CT molecular complexity index is 4660. The van der Waals surface area contributed by atoms with Gasteiger partial charge < -0.3 is 19.1 Å². The molecule has 0 unspecified atom stereocenters. The first-order valence-electron chi connectivity index (χ1n) is 30.4. The van der Waals surface area contributed by atoms with Gasteiger partial charge in [0, 0.05) is 72.5 Å². The molecule has 0 amide bonds. The van der Waals surface area contributed by atoms with Gasteiger partial charge in [-0.05, 0) is 126 Å². The molecule has 5 nitrogen and oxygen atoms in total. The Morgan fingerprint density at radius 1 is 0.451 bits per heavy atom. The Morgan fingerprint density at radius 3 is 1.62 bits per heavy atom. The van der Waals surface area contributed by atoms with Crippen LogP contribution in [0, 0.1) is 47.9 Å². The fourth-order valence-electron chi connectivity index (χ4n) is 12.3. The molecular weight excluding hydrogens is 1320 g/mol. The summed E-state index contributed by atoms with van der Waals surface area (Å²) >= 11 is 0. The van der Waals surface area contributed by atoms with Crippen molar-refractivity contribution in [3.8, 4) is 73.0 Å². The standard InChI is InChI=1S/C80H66F5N4O.Pt/c1-47(2)51-36-52(48(3)4)38-53(37-51)64-41-56(80(8,9)10)42-65(72-73(81)75(83)77(85)76(84)74(72)82)78(64)88-46-87(67-30-19-20-31-68(67)88)57-39-54(71-60(49-22-13-11-14-23-49)27-21-28-61(71)50-24-15-12-16-25-50)40-59(44-57)90-58-32-33-63-62-26-17-18-29-66(62)89(69(63)45-58)70-43-55(34-35-86-70)79(5,6)7;/h11-43,46-48H,1-10H3;/q-3;. The van der Waals surface area contributed by atoms with Crippen LogP contribution in [0.5, 0.6) is 11.5 Å². The Labute approximate surface area is 543 Å². The van der Waals surface area contributed by atoms with Crippen LogP contribution in [-0.2, 0) is 31.9 Å². The van der Waals surface area contributed by atoms with E-state index in [2.05, 4.69) is 144 Å². The average Bonchev–Trinajstić information content (AvgIpc) is 1.71. The van der Waals surface area contributed by atoms with Crippen molar-refractivity contribution < 1.29 is 47.8 Å². The largest absolute Gasteiger partial charge is 0.509 e. The molecule has 0 aliphatic carbocycles. The minimum atomic E-state index is -2.24. The summed E-state index contributed by atoms with van der Waals surface area (Å²) in [5, 5.41) is 1.99. The van der Waals surface area contributed by atoms with E-state index >= 15 is 22.0 Å². The summed E-state index contributed by atoms with van der Waals surface area (Å²) in [4.78, 5) is 8.66. The van der Waals surface area contributed by atoms with E-state index in [1.807, 2.05) is 141 Å². The van der Waals surface area contributed by atoms with Crippen LogP contribution in [0.4, 0.5) is 44.7 Å². The number of aromatic nitrogens is 2. The van der Waals surface area contributed by atoms with Crippen LogP contribution in [0.2, 0.25) is 0 Å². The third-order valence-electron chi connectivity index (χ3n) is 17.2. The molecule has 0 N–H and O–H groups in total. The zero-order chi connectivity index (χ0) is 63.1. The Kier molecular flexibility index (Phi) is 16.6. The summed E-state index contributed by atoms with van der Waals surface area (Å²) in [6.45, 7) is 22.6. The summed E-state index contributed by atoms with van der Waals surface area (Å²) in [5.41, 5.74) is 12.1. The molecule has 12 aromatic rings. The number of benzene rings is 10. The average molecular weight is 1390 g/mol. The van der Waals surface area contributed by atoms with Crippen LogP contribution in [0.25, 0.3) is 83.3 Å². The molecule has 0 bridgehead atoms. The summed E-state index contributed by atoms with van der Waals surface area (Å²) in [5.74, 6) is -8.57.